The van der Waals surface area contributed by atoms with Crippen LogP contribution in [-0.2, 0) is 25.5 Å². The normalized spacial score (nSPS) is 16.7. The minimum Gasteiger partial charge on any atom is -0.444 e. The zero-order chi connectivity index (χ0) is 21.6. The Bertz CT molecular complexity index is 773. The van der Waals surface area contributed by atoms with Gasteiger partial charge in [0.25, 0.3) is 5.91 Å². The highest BCUT2D eigenvalue weighted by atomic mass is 35.5. The fraction of sp³-hybridized carbons (Fsp3) is 0.500. The zero-order valence-corrected chi connectivity index (χ0v) is 17.5. The van der Waals surface area contributed by atoms with E-state index in [0.717, 1.165) is 5.56 Å². The summed E-state index contributed by atoms with van der Waals surface area (Å²) < 4.78 is 5.11. The number of nitrogens with zero attached hydrogens (tertiary/aromatic N) is 1. The van der Waals surface area contributed by atoms with Gasteiger partial charge in [0, 0.05) is 31.2 Å². The highest BCUT2D eigenvalue weighted by Crippen LogP contribution is 2.15. The molecular weight excluding hydrogens is 398 g/mol. The molecule has 1 unspecified atom stereocenters. The Hall–Kier alpha value is -2.61. The first-order valence-electron chi connectivity index (χ1n) is 9.39. The smallest absolute Gasteiger partial charge is 0.407 e. The van der Waals surface area contributed by atoms with Crippen molar-refractivity contribution >= 4 is 35.3 Å². The molecule has 1 saturated heterocycles. The number of carbonyl (C=O) groups is 4. The number of ketones is 1. The number of nitrogens with one attached hydrogen (secondary N) is 2. The number of carbonyl (C=O) groups excluding carboxylic acids is 4. The molecule has 0 radical (unpaired) electrons. The van der Waals surface area contributed by atoms with Gasteiger partial charge in [0.05, 0.1) is 0 Å². The molecule has 1 aromatic carbocycles. The Kier molecular flexibility index (Phi) is 7.61. The van der Waals surface area contributed by atoms with Crippen LogP contribution >= 0.6 is 11.6 Å². The number of amides is 3. The number of hydrogen-bond acceptors (Lipinski definition) is 5. The van der Waals surface area contributed by atoms with Crippen molar-refractivity contribution in [3.05, 3.63) is 34.9 Å². The topological polar surface area (TPSA) is 105 Å². The number of Topliss-reactive ketones (excluding diaryl/α,β-unsaturated/α-hetero) is 1. The molecule has 0 aromatic heterocycles. The lowest BCUT2D eigenvalue weighted by atomic mass is 10.1. The van der Waals surface area contributed by atoms with Crippen LogP contribution in [-0.4, -0.2) is 60.4 Å². The third-order valence-electron chi connectivity index (χ3n) is 4.21. The molecule has 2 rings (SSSR count). The summed E-state index contributed by atoms with van der Waals surface area (Å²) in [7, 11) is 0. The number of benzene rings is 1. The average Bonchev–Trinajstić information content (AvgIpc) is 2.90. The van der Waals surface area contributed by atoms with Crippen LogP contribution in [0.25, 0.3) is 0 Å². The van der Waals surface area contributed by atoms with E-state index in [2.05, 4.69) is 10.6 Å². The van der Waals surface area contributed by atoms with Gasteiger partial charge in [-0.15, -0.1) is 0 Å². The number of likely N-dealkylation sites (tertiary alicyclic amines) is 1. The maximum atomic E-state index is 12.3. The van der Waals surface area contributed by atoms with Crippen molar-refractivity contribution in [2.24, 2.45) is 5.92 Å². The summed E-state index contributed by atoms with van der Waals surface area (Å²) in [5, 5.41) is 5.86. The third-order valence-corrected chi connectivity index (χ3v) is 4.46. The molecule has 1 heterocycles. The highest BCUT2D eigenvalue weighted by molar-refractivity contribution is 6.42. The quantitative estimate of drug-likeness (QED) is 0.511. The van der Waals surface area contributed by atoms with E-state index in [9.17, 15) is 19.2 Å². The van der Waals surface area contributed by atoms with Crippen molar-refractivity contribution in [1.82, 2.24) is 15.5 Å². The second-order valence-electron chi connectivity index (χ2n) is 7.76. The van der Waals surface area contributed by atoms with Crippen molar-refractivity contribution in [3.63, 3.8) is 0 Å². The predicted molar refractivity (Wildman–Crippen MR) is 107 cm³/mol. The van der Waals surface area contributed by atoms with Crippen LogP contribution in [0.2, 0.25) is 5.02 Å². The van der Waals surface area contributed by atoms with Gasteiger partial charge in [0.15, 0.2) is 0 Å². The number of halogens is 1. The van der Waals surface area contributed by atoms with Crippen LogP contribution in [0.4, 0.5) is 4.79 Å². The number of alkyl carbamates (subject to hydrolysis) is 1. The van der Waals surface area contributed by atoms with E-state index in [1.165, 1.54) is 4.90 Å². The molecule has 158 valence electrons. The first-order chi connectivity index (χ1) is 13.6. The van der Waals surface area contributed by atoms with Crippen LogP contribution in [0.5, 0.6) is 0 Å². The molecule has 1 aliphatic rings. The molecule has 0 bridgehead atoms. The lowest BCUT2D eigenvalue weighted by Crippen LogP contribution is -2.39. The standard InChI is InChI=1S/C20H26ClN3O5/c1-20(2,3)29-19(28)23-10-11-24-12-15(16(25)18(24)27)17(26)22-9-8-13-4-6-14(21)7-5-13/h4-7,15H,8-12H2,1-3H3,(H,22,26)(H,23,28). The van der Waals surface area contributed by atoms with Gasteiger partial charge in [-0.2, -0.15) is 0 Å². The first kappa shape index (κ1) is 22.7. The summed E-state index contributed by atoms with van der Waals surface area (Å²) in [5.74, 6) is -2.95. The number of hydrogen-bond donors (Lipinski definition) is 2. The molecule has 1 aliphatic heterocycles. The van der Waals surface area contributed by atoms with Crippen molar-refractivity contribution in [3.8, 4) is 0 Å². The van der Waals surface area contributed by atoms with Crippen LogP contribution < -0.4 is 10.6 Å². The Labute approximate surface area is 174 Å². The molecule has 1 fully saturated rings. The van der Waals surface area contributed by atoms with Gasteiger partial charge >= 0.3 is 6.09 Å². The van der Waals surface area contributed by atoms with Gasteiger partial charge in [0.2, 0.25) is 11.7 Å². The highest BCUT2D eigenvalue weighted by Gasteiger charge is 2.42. The number of ether oxygens (including phenoxy) is 1. The van der Waals surface area contributed by atoms with Gasteiger partial charge in [-0.1, -0.05) is 23.7 Å². The molecular formula is C20H26ClN3O5. The Morgan fingerprint density at radius 1 is 1.14 bits per heavy atom. The van der Waals surface area contributed by atoms with Crippen molar-refractivity contribution in [2.45, 2.75) is 32.8 Å². The Balaban J connectivity index is 1.76. The second kappa shape index (κ2) is 9.73. The first-order valence-corrected chi connectivity index (χ1v) is 9.77. The zero-order valence-electron chi connectivity index (χ0n) is 16.8. The lowest BCUT2D eigenvalue weighted by molar-refractivity contribution is -0.142. The summed E-state index contributed by atoms with van der Waals surface area (Å²) in [4.78, 5) is 49.4. The SMILES string of the molecule is CC(C)(C)OC(=O)NCCN1CC(C(=O)NCCc2ccc(Cl)cc2)C(=O)C1=O. The summed E-state index contributed by atoms with van der Waals surface area (Å²) >= 11 is 5.83. The Morgan fingerprint density at radius 3 is 2.41 bits per heavy atom. The van der Waals surface area contributed by atoms with Crippen LogP contribution in [0.3, 0.4) is 0 Å². The van der Waals surface area contributed by atoms with E-state index >= 15 is 0 Å². The fourth-order valence-corrected chi connectivity index (χ4v) is 2.92. The van der Waals surface area contributed by atoms with Gasteiger partial charge < -0.3 is 20.3 Å². The summed E-state index contributed by atoms with van der Waals surface area (Å²) in [5.41, 5.74) is 0.372. The monoisotopic (exact) mass is 423 g/mol. The molecule has 0 aliphatic carbocycles. The summed E-state index contributed by atoms with van der Waals surface area (Å²) in [6.07, 6.45) is -0.0201. The molecule has 0 spiro atoms. The molecule has 0 saturated carbocycles. The second-order valence-corrected chi connectivity index (χ2v) is 8.20. The lowest BCUT2D eigenvalue weighted by Gasteiger charge is -2.20. The molecule has 3 amide bonds. The van der Waals surface area contributed by atoms with Crippen molar-refractivity contribution in [2.75, 3.05) is 26.2 Å². The van der Waals surface area contributed by atoms with E-state index in [1.54, 1.807) is 32.9 Å². The van der Waals surface area contributed by atoms with Crippen LogP contribution in [0, 0.1) is 5.92 Å². The molecule has 2 N–H and O–H groups in total. The number of rotatable bonds is 7. The fourth-order valence-electron chi connectivity index (χ4n) is 2.80. The van der Waals surface area contributed by atoms with E-state index in [0.29, 0.717) is 18.0 Å². The maximum absolute atomic E-state index is 12.3. The van der Waals surface area contributed by atoms with Gasteiger partial charge in [-0.05, 0) is 44.9 Å². The van der Waals surface area contributed by atoms with E-state index < -0.39 is 35.2 Å². The minimum atomic E-state index is -1.03. The molecule has 9 heteroatoms. The molecule has 1 atom stereocenters. The van der Waals surface area contributed by atoms with Crippen LogP contribution in [0.15, 0.2) is 24.3 Å². The average molecular weight is 424 g/mol. The van der Waals surface area contributed by atoms with E-state index in [-0.39, 0.29) is 19.6 Å². The summed E-state index contributed by atoms with van der Waals surface area (Å²) in [6.45, 7) is 5.82. The van der Waals surface area contributed by atoms with Gasteiger partial charge in [-0.3, -0.25) is 14.4 Å². The largest absolute Gasteiger partial charge is 0.444 e. The Morgan fingerprint density at radius 2 is 1.79 bits per heavy atom. The maximum Gasteiger partial charge on any atom is 0.407 e. The van der Waals surface area contributed by atoms with Crippen molar-refractivity contribution in [1.29, 1.82) is 0 Å². The van der Waals surface area contributed by atoms with Gasteiger partial charge in [-0.25, -0.2) is 4.79 Å². The predicted octanol–water partition coefficient (Wildman–Crippen LogP) is 1.55. The minimum absolute atomic E-state index is 0.000440. The molecule has 1 aromatic rings. The molecule has 29 heavy (non-hydrogen) atoms. The van der Waals surface area contributed by atoms with Crippen molar-refractivity contribution < 1.29 is 23.9 Å². The van der Waals surface area contributed by atoms with E-state index in [1.807, 2.05) is 12.1 Å². The molecule has 8 nitrogen and oxygen atoms in total. The summed E-state index contributed by atoms with van der Waals surface area (Å²) in [6, 6.07) is 7.25. The van der Waals surface area contributed by atoms with Gasteiger partial charge in [0.1, 0.15) is 11.5 Å². The van der Waals surface area contributed by atoms with E-state index in [4.69, 9.17) is 16.3 Å². The van der Waals surface area contributed by atoms with Crippen LogP contribution in [0.1, 0.15) is 26.3 Å². The third kappa shape index (κ3) is 7.05.